The number of aromatic nitrogens is 1. The van der Waals surface area contributed by atoms with Crippen LogP contribution in [-0.4, -0.2) is 30.6 Å². The topological polar surface area (TPSA) is 71.7 Å². The van der Waals surface area contributed by atoms with Gasteiger partial charge in [-0.15, -0.1) is 11.3 Å². The van der Waals surface area contributed by atoms with Crippen molar-refractivity contribution in [2.75, 3.05) is 13.6 Å². The fraction of sp³-hybridized carbons (Fsp3) is 0.300. The Morgan fingerprint density at radius 1 is 1.32 bits per heavy atom. The summed E-state index contributed by atoms with van der Waals surface area (Å²) in [6.45, 7) is 3.03. The molecule has 0 fully saturated rings. The van der Waals surface area contributed by atoms with Crippen LogP contribution in [0.25, 0.3) is 10.8 Å². The number of guanidine groups is 1. The average Bonchev–Trinajstić information content (AvgIpc) is 3.38. The molecular weight excluding hydrogens is 379 g/mol. The lowest BCUT2D eigenvalue weighted by Gasteiger charge is -2.19. The van der Waals surface area contributed by atoms with Crippen LogP contribution in [0.15, 0.2) is 57.5 Å². The normalized spacial score (nSPS) is 12.6. The molecule has 0 aliphatic heterocycles. The molecule has 0 aliphatic carbocycles. The van der Waals surface area contributed by atoms with E-state index in [1.807, 2.05) is 24.4 Å². The molecule has 0 aliphatic rings. The van der Waals surface area contributed by atoms with Crippen molar-refractivity contribution in [1.29, 1.82) is 0 Å². The van der Waals surface area contributed by atoms with Crippen molar-refractivity contribution >= 4 is 17.3 Å². The monoisotopic (exact) mass is 402 g/mol. The summed E-state index contributed by atoms with van der Waals surface area (Å²) in [7, 11) is 1.70. The Morgan fingerprint density at radius 2 is 2.21 bits per heavy atom. The van der Waals surface area contributed by atoms with Crippen LogP contribution in [0.1, 0.15) is 19.0 Å². The standard InChI is InChI=1S/C20H23FN4O2S/c1-3-16(27-17-7-4-6-14(21)10-17)12-24-20(22-2)23-11-15-13-26-19(25-15)18-8-5-9-28-18/h4-10,13,16H,3,11-12H2,1-2H3,(H2,22,23,24). The summed E-state index contributed by atoms with van der Waals surface area (Å²) in [6, 6.07) is 10.1. The van der Waals surface area contributed by atoms with Gasteiger partial charge in [0.1, 0.15) is 23.9 Å². The molecule has 28 heavy (non-hydrogen) atoms. The van der Waals surface area contributed by atoms with E-state index in [0.717, 1.165) is 17.0 Å². The molecule has 2 N–H and O–H groups in total. The minimum absolute atomic E-state index is 0.113. The highest BCUT2D eigenvalue weighted by atomic mass is 32.1. The number of nitrogens with zero attached hydrogens (tertiary/aromatic N) is 2. The van der Waals surface area contributed by atoms with E-state index < -0.39 is 0 Å². The number of thiophene rings is 1. The smallest absolute Gasteiger partial charge is 0.236 e. The van der Waals surface area contributed by atoms with Crippen LogP contribution in [0, 0.1) is 5.82 Å². The third-order valence-corrected chi connectivity index (χ3v) is 4.85. The largest absolute Gasteiger partial charge is 0.489 e. The van der Waals surface area contributed by atoms with E-state index >= 15 is 0 Å². The highest BCUT2D eigenvalue weighted by Crippen LogP contribution is 2.23. The molecule has 0 bridgehead atoms. The Hall–Kier alpha value is -2.87. The Kier molecular flexibility index (Phi) is 7.02. The third-order valence-electron chi connectivity index (χ3n) is 4.00. The zero-order valence-electron chi connectivity index (χ0n) is 15.8. The number of hydrogen-bond acceptors (Lipinski definition) is 5. The minimum Gasteiger partial charge on any atom is -0.489 e. The van der Waals surface area contributed by atoms with E-state index in [1.54, 1.807) is 36.8 Å². The van der Waals surface area contributed by atoms with Gasteiger partial charge in [0.25, 0.3) is 0 Å². The third kappa shape index (κ3) is 5.56. The van der Waals surface area contributed by atoms with Gasteiger partial charge in [0.05, 0.1) is 23.7 Å². The number of rotatable bonds is 8. The van der Waals surface area contributed by atoms with Gasteiger partial charge in [0, 0.05) is 13.1 Å². The van der Waals surface area contributed by atoms with Gasteiger partial charge in [-0.25, -0.2) is 9.37 Å². The number of oxazole rings is 1. The predicted molar refractivity (Wildman–Crippen MR) is 109 cm³/mol. The van der Waals surface area contributed by atoms with Crippen molar-refractivity contribution in [2.45, 2.75) is 26.0 Å². The molecule has 8 heteroatoms. The summed E-state index contributed by atoms with van der Waals surface area (Å²) in [6.07, 6.45) is 2.29. The highest BCUT2D eigenvalue weighted by Gasteiger charge is 2.11. The van der Waals surface area contributed by atoms with Crippen LogP contribution in [0.3, 0.4) is 0 Å². The van der Waals surface area contributed by atoms with E-state index in [-0.39, 0.29) is 11.9 Å². The molecular formula is C20H23FN4O2S. The van der Waals surface area contributed by atoms with Crippen LogP contribution < -0.4 is 15.4 Å². The minimum atomic E-state index is -0.313. The Labute approximate surface area is 167 Å². The number of nitrogens with one attached hydrogen (secondary N) is 2. The van der Waals surface area contributed by atoms with E-state index in [9.17, 15) is 4.39 Å². The van der Waals surface area contributed by atoms with Crippen molar-refractivity contribution < 1.29 is 13.5 Å². The van der Waals surface area contributed by atoms with Crippen LogP contribution in [0.2, 0.25) is 0 Å². The van der Waals surface area contributed by atoms with E-state index in [2.05, 4.69) is 20.6 Å². The highest BCUT2D eigenvalue weighted by molar-refractivity contribution is 7.13. The van der Waals surface area contributed by atoms with Crippen LogP contribution in [-0.2, 0) is 6.54 Å². The zero-order valence-corrected chi connectivity index (χ0v) is 16.6. The zero-order chi connectivity index (χ0) is 19.8. The van der Waals surface area contributed by atoms with Gasteiger partial charge in [0.2, 0.25) is 5.89 Å². The summed E-state index contributed by atoms with van der Waals surface area (Å²) >= 11 is 1.58. The number of aliphatic imine (C=N–C) groups is 1. The molecule has 1 aromatic carbocycles. The van der Waals surface area contributed by atoms with Gasteiger partial charge < -0.3 is 19.8 Å². The van der Waals surface area contributed by atoms with Gasteiger partial charge in [-0.05, 0) is 30.0 Å². The molecule has 0 radical (unpaired) electrons. The molecule has 6 nitrogen and oxygen atoms in total. The summed E-state index contributed by atoms with van der Waals surface area (Å²) in [5.74, 6) is 1.44. The number of ether oxygens (including phenoxy) is 1. The maximum atomic E-state index is 13.3. The molecule has 3 rings (SSSR count). The molecule has 2 aromatic heterocycles. The van der Waals surface area contributed by atoms with Crippen molar-refractivity contribution in [3.8, 4) is 16.5 Å². The molecule has 1 unspecified atom stereocenters. The second-order valence-electron chi connectivity index (χ2n) is 6.03. The lowest BCUT2D eigenvalue weighted by atomic mass is 10.2. The Morgan fingerprint density at radius 3 is 2.93 bits per heavy atom. The van der Waals surface area contributed by atoms with Gasteiger partial charge in [-0.2, -0.15) is 0 Å². The second kappa shape index (κ2) is 9.89. The van der Waals surface area contributed by atoms with Crippen molar-refractivity contribution in [2.24, 2.45) is 4.99 Å². The van der Waals surface area contributed by atoms with E-state index in [0.29, 0.717) is 30.7 Å². The van der Waals surface area contributed by atoms with Crippen molar-refractivity contribution in [1.82, 2.24) is 15.6 Å². The fourth-order valence-electron chi connectivity index (χ4n) is 2.51. The molecule has 0 saturated heterocycles. The van der Waals surface area contributed by atoms with Crippen LogP contribution >= 0.6 is 11.3 Å². The van der Waals surface area contributed by atoms with Crippen molar-refractivity contribution in [3.05, 3.63) is 59.6 Å². The number of hydrogen-bond donors (Lipinski definition) is 2. The maximum absolute atomic E-state index is 13.3. The summed E-state index contributed by atoms with van der Waals surface area (Å²) in [5.41, 5.74) is 0.786. The molecule has 0 saturated carbocycles. The molecule has 0 amide bonds. The molecule has 0 spiro atoms. The van der Waals surface area contributed by atoms with Gasteiger partial charge in [-0.3, -0.25) is 4.99 Å². The first-order chi connectivity index (χ1) is 13.7. The molecule has 2 heterocycles. The van der Waals surface area contributed by atoms with Crippen LogP contribution in [0.5, 0.6) is 5.75 Å². The Balaban J connectivity index is 1.48. The van der Waals surface area contributed by atoms with E-state index in [4.69, 9.17) is 9.15 Å². The fourth-order valence-corrected chi connectivity index (χ4v) is 3.16. The summed E-state index contributed by atoms with van der Waals surface area (Å²) in [5, 5.41) is 8.41. The van der Waals surface area contributed by atoms with Crippen LogP contribution in [0.4, 0.5) is 4.39 Å². The number of halogens is 1. The van der Waals surface area contributed by atoms with Gasteiger partial charge in [-0.1, -0.05) is 19.1 Å². The lowest BCUT2D eigenvalue weighted by molar-refractivity contribution is 0.198. The molecule has 3 aromatic rings. The number of benzene rings is 1. The quantitative estimate of drug-likeness (QED) is 0.439. The first-order valence-corrected chi connectivity index (χ1v) is 9.91. The predicted octanol–water partition coefficient (Wildman–Crippen LogP) is 4.06. The second-order valence-corrected chi connectivity index (χ2v) is 6.98. The van der Waals surface area contributed by atoms with Gasteiger partial charge in [0.15, 0.2) is 5.96 Å². The first-order valence-electron chi connectivity index (χ1n) is 9.03. The van der Waals surface area contributed by atoms with Crippen molar-refractivity contribution in [3.63, 3.8) is 0 Å². The summed E-state index contributed by atoms with van der Waals surface area (Å²) in [4.78, 5) is 9.68. The SMILES string of the molecule is CCC(CNC(=NC)NCc1coc(-c2cccs2)n1)Oc1cccc(F)c1. The Bertz CT molecular complexity index is 895. The lowest BCUT2D eigenvalue weighted by Crippen LogP contribution is -2.42. The van der Waals surface area contributed by atoms with Gasteiger partial charge >= 0.3 is 0 Å². The summed E-state index contributed by atoms with van der Waals surface area (Å²) < 4.78 is 24.7. The molecule has 148 valence electrons. The first kappa shape index (κ1) is 19.9. The average molecular weight is 402 g/mol. The maximum Gasteiger partial charge on any atom is 0.236 e. The van der Waals surface area contributed by atoms with E-state index in [1.165, 1.54) is 12.1 Å². The molecule has 1 atom stereocenters.